The fourth-order valence-electron chi connectivity index (χ4n) is 2.85. The number of ketones is 1. The van der Waals surface area contributed by atoms with Gasteiger partial charge in [-0.25, -0.2) is 0 Å². The van der Waals surface area contributed by atoms with Gasteiger partial charge in [0.2, 0.25) is 0 Å². The molecule has 1 heterocycles. The van der Waals surface area contributed by atoms with E-state index in [9.17, 15) is 14.7 Å². The molecule has 0 saturated carbocycles. The van der Waals surface area contributed by atoms with Gasteiger partial charge in [-0.3, -0.25) is 9.59 Å². The standard InChI is InChI=1S/C16H15NO3/c18-15(11-6-1-2-7-12(11)16(19)20)13-9-17-14-8-4-3-5-10(13)14/h1-5,8-9,11-12,17H,6-7H2,(H,19,20)/t11-,12-/m1/s1. The van der Waals surface area contributed by atoms with Crippen molar-refractivity contribution >= 4 is 22.7 Å². The summed E-state index contributed by atoms with van der Waals surface area (Å²) in [5.74, 6) is -2.08. The van der Waals surface area contributed by atoms with Gasteiger partial charge in [0.1, 0.15) is 0 Å². The second-order valence-corrected chi connectivity index (χ2v) is 5.11. The highest BCUT2D eigenvalue weighted by Gasteiger charge is 2.35. The Morgan fingerprint density at radius 2 is 1.80 bits per heavy atom. The number of carboxylic acids is 1. The zero-order valence-corrected chi connectivity index (χ0v) is 10.9. The van der Waals surface area contributed by atoms with Gasteiger partial charge in [-0.15, -0.1) is 0 Å². The summed E-state index contributed by atoms with van der Waals surface area (Å²) in [6, 6.07) is 7.56. The van der Waals surface area contributed by atoms with Crippen LogP contribution in [0.1, 0.15) is 23.2 Å². The summed E-state index contributed by atoms with van der Waals surface area (Å²) in [6.45, 7) is 0. The van der Waals surface area contributed by atoms with Crippen LogP contribution >= 0.6 is 0 Å². The van der Waals surface area contributed by atoms with Crippen molar-refractivity contribution < 1.29 is 14.7 Å². The number of carboxylic acid groups (broad SMARTS) is 1. The summed E-state index contributed by atoms with van der Waals surface area (Å²) < 4.78 is 0. The fourth-order valence-corrected chi connectivity index (χ4v) is 2.85. The highest BCUT2D eigenvalue weighted by atomic mass is 16.4. The first-order valence-corrected chi connectivity index (χ1v) is 6.66. The monoisotopic (exact) mass is 269 g/mol. The molecule has 102 valence electrons. The van der Waals surface area contributed by atoms with Gasteiger partial charge in [-0.05, 0) is 18.9 Å². The normalized spacial score (nSPS) is 22.0. The van der Waals surface area contributed by atoms with E-state index in [0.717, 1.165) is 10.9 Å². The van der Waals surface area contributed by atoms with Crippen molar-refractivity contribution in [1.82, 2.24) is 4.98 Å². The van der Waals surface area contributed by atoms with Crippen LogP contribution in [0.15, 0.2) is 42.6 Å². The first kappa shape index (κ1) is 12.7. The third-order valence-corrected chi connectivity index (χ3v) is 3.94. The molecule has 4 heteroatoms. The van der Waals surface area contributed by atoms with Gasteiger partial charge in [-0.2, -0.15) is 0 Å². The molecule has 4 nitrogen and oxygen atoms in total. The Balaban J connectivity index is 1.99. The van der Waals surface area contributed by atoms with E-state index in [1.54, 1.807) is 6.20 Å². The molecule has 0 radical (unpaired) electrons. The lowest BCUT2D eigenvalue weighted by molar-refractivity contribution is -0.143. The largest absolute Gasteiger partial charge is 0.481 e. The van der Waals surface area contributed by atoms with Crippen molar-refractivity contribution in [2.45, 2.75) is 12.8 Å². The molecule has 2 aromatic rings. The van der Waals surface area contributed by atoms with E-state index in [1.165, 1.54) is 0 Å². The van der Waals surface area contributed by atoms with E-state index in [0.29, 0.717) is 18.4 Å². The number of carbonyl (C=O) groups is 2. The van der Waals surface area contributed by atoms with E-state index in [2.05, 4.69) is 4.98 Å². The maximum Gasteiger partial charge on any atom is 0.307 e. The minimum absolute atomic E-state index is 0.0841. The molecule has 0 spiro atoms. The molecule has 0 aliphatic heterocycles. The number of fused-ring (bicyclic) bond motifs is 1. The van der Waals surface area contributed by atoms with Gasteiger partial charge in [0.25, 0.3) is 0 Å². The summed E-state index contributed by atoms with van der Waals surface area (Å²) >= 11 is 0. The Hall–Kier alpha value is -2.36. The van der Waals surface area contributed by atoms with E-state index in [-0.39, 0.29) is 5.78 Å². The van der Waals surface area contributed by atoms with Crippen molar-refractivity contribution in [3.05, 3.63) is 48.2 Å². The summed E-state index contributed by atoms with van der Waals surface area (Å²) in [5.41, 5.74) is 1.49. The van der Waals surface area contributed by atoms with Crippen LogP contribution in [0, 0.1) is 11.8 Å². The quantitative estimate of drug-likeness (QED) is 0.664. The molecule has 20 heavy (non-hydrogen) atoms. The van der Waals surface area contributed by atoms with Crippen LogP contribution < -0.4 is 0 Å². The number of carbonyl (C=O) groups excluding carboxylic acids is 1. The van der Waals surface area contributed by atoms with Crippen LogP contribution in [0.3, 0.4) is 0 Å². The third kappa shape index (κ3) is 2.03. The number of para-hydroxylation sites is 1. The molecule has 2 N–H and O–H groups in total. The molecule has 0 amide bonds. The van der Waals surface area contributed by atoms with E-state index < -0.39 is 17.8 Å². The highest BCUT2D eigenvalue weighted by molar-refractivity contribution is 6.09. The summed E-state index contributed by atoms with van der Waals surface area (Å²) in [7, 11) is 0. The molecule has 0 saturated heterocycles. The number of H-pyrrole nitrogens is 1. The van der Waals surface area contributed by atoms with E-state index in [1.807, 2.05) is 36.4 Å². The molecule has 1 aromatic heterocycles. The van der Waals surface area contributed by atoms with Gasteiger partial charge in [-0.1, -0.05) is 30.4 Å². The Bertz CT molecular complexity index is 699. The Kier molecular flexibility index (Phi) is 3.14. The number of allylic oxidation sites excluding steroid dienone is 2. The Labute approximate surface area is 116 Å². The average molecular weight is 269 g/mol. The van der Waals surface area contributed by atoms with Crippen molar-refractivity contribution in [2.24, 2.45) is 11.8 Å². The predicted molar refractivity (Wildman–Crippen MR) is 75.6 cm³/mol. The van der Waals surface area contributed by atoms with Crippen LogP contribution in [0.2, 0.25) is 0 Å². The maximum absolute atomic E-state index is 12.7. The van der Waals surface area contributed by atoms with Gasteiger partial charge >= 0.3 is 5.97 Å². The first-order valence-electron chi connectivity index (χ1n) is 6.66. The molecule has 3 rings (SSSR count). The van der Waals surface area contributed by atoms with E-state index in [4.69, 9.17) is 0 Å². The second-order valence-electron chi connectivity index (χ2n) is 5.11. The van der Waals surface area contributed by atoms with Crippen LogP contribution in [0.5, 0.6) is 0 Å². The number of benzene rings is 1. The molecule has 0 fully saturated rings. The molecule has 1 aliphatic rings. The minimum atomic E-state index is -0.896. The average Bonchev–Trinajstić information content (AvgIpc) is 2.90. The van der Waals surface area contributed by atoms with Gasteiger partial charge in [0, 0.05) is 28.6 Å². The van der Waals surface area contributed by atoms with E-state index >= 15 is 0 Å². The zero-order valence-electron chi connectivity index (χ0n) is 10.9. The SMILES string of the molecule is O=C(O)[C@@H]1CC=CC[C@H]1C(=O)c1c[nH]c2ccccc12. The number of Topliss-reactive ketones (excluding diaryl/α,β-unsaturated/α-hetero) is 1. The van der Waals surface area contributed by atoms with Crippen LogP contribution in [0.4, 0.5) is 0 Å². The lowest BCUT2D eigenvalue weighted by Crippen LogP contribution is -2.31. The van der Waals surface area contributed by atoms with Crippen molar-refractivity contribution in [1.29, 1.82) is 0 Å². The lowest BCUT2D eigenvalue weighted by Gasteiger charge is -2.23. The van der Waals surface area contributed by atoms with Crippen LogP contribution in [-0.4, -0.2) is 21.8 Å². The number of nitrogens with one attached hydrogen (secondary N) is 1. The van der Waals surface area contributed by atoms with Gasteiger partial charge in [0.05, 0.1) is 5.92 Å². The van der Waals surface area contributed by atoms with Crippen LogP contribution in [0.25, 0.3) is 10.9 Å². The summed E-state index contributed by atoms with van der Waals surface area (Å²) in [6.07, 6.45) is 6.35. The fraction of sp³-hybridized carbons (Fsp3) is 0.250. The smallest absolute Gasteiger partial charge is 0.307 e. The zero-order chi connectivity index (χ0) is 14.1. The second kappa shape index (κ2) is 4.96. The number of hydrogen-bond acceptors (Lipinski definition) is 2. The van der Waals surface area contributed by atoms with Crippen LogP contribution in [-0.2, 0) is 4.79 Å². The minimum Gasteiger partial charge on any atom is -0.481 e. The number of aromatic amines is 1. The highest BCUT2D eigenvalue weighted by Crippen LogP contribution is 2.31. The maximum atomic E-state index is 12.7. The third-order valence-electron chi connectivity index (χ3n) is 3.94. The van der Waals surface area contributed by atoms with Crippen molar-refractivity contribution in [3.8, 4) is 0 Å². The molecular weight excluding hydrogens is 254 g/mol. The molecule has 1 aromatic carbocycles. The molecule has 1 aliphatic carbocycles. The summed E-state index contributed by atoms with van der Waals surface area (Å²) in [4.78, 5) is 27.0. The topological polar surface area (TPSA) is 70.2 Å². The number of aliphatic carboxylic acids is 1. The number of rotatable bonds is 3. The van der Waals surface area contributed by atoms with Gasteiger partial charge in [0.15, 0.2) is 5.78 Å². The van der Waals surface area contributed by atoms with Crippen molar-refractivity contribution in [2.75, 3.05) is 0 Å². The summed E-state index contributed by atoms with van der Waals surface area (Å²) in [5, 5.41) is 10.1. The first-order chi connectivity index (χ1) is 9.68. The number of hydrogen-bond donors (Lipinski definition) is 2. The molecular formula is C16H15NO3. The Morgan fingerprint density at radius 1 is 1.10 bits per heavy atom. The number of aromatic nitrogens is 1. The Morgan fingerprint density at radius 3 is 2.55 bits per heavy atom. The van der Waals surface area contributed by atoms with Crippen molar-refractivity contribution in [3.63, 3.8) is 0 Å². The van der Waals surface area contributed by atoms with Gasteiger partial charge < -0.3 is 10.1 Å². The lowest BCUT2D eigenvalue weighted by atomic mass is 9.78. The predicted octanol–water partition coefficient (Wildman–Crippen LogP) is 3.02. The molecule has 0 bridgehead atoms. The molecule has 2 atom stereocenters. The molecule has 0 unspecified atom stereocenters.